The van der Waals surface area contributed by atoms with Crippen molar-refractivity contribution in [3.63, 3.8) is 0 Å². The molecule has 0 amide bonds. The molecule has 1 saturated carbocycles. The number of hydrogen-bond donors (Lipinski definition) is 2. The highest BCUT2D eigenvalue weighted by molar-refractivity contribution is 5.30. The molecule has 0 aromatic heterocycles. The van der Waals surface area contributed by atoms with Gasteiger partial charge >= 0.3 is 0 Å². The van der Waals surface area contributed by atoms with Crippen LogP contribution in [0, 0.1) is 5.41 Å². The van der Waals surface area contributed by atoms with Gasteiger partial charge in [-0.15, -0.1) is 0 Å². The third-order valence-corrected chi connectivity index (χ3v) is 4.39. The molecule has 2 nitrogen and oxygen atoms in total. The molecule has 1 aromatic carbocycles. The summed E-state index contributed by atoms with van der Waals surface area (Å²) >= 11 is 0. The summed E-state index contributed by atoms with van der Waals surface area (Å²) in [6.45, 7) is 2.39. The van der Waals surface area contributed by atoms with Crippen molar-refractivity contribution in [2.24, 2.45) is 5.41 Å². The van der Waals surface area contributed by atoms with Gasteiger partial charge in [-0.1, -0.05) is 12.1 Å². The van der Waals surface area contributed by atoms with Crippen LogP contribution >= 0.6 is 0 Å². The van der Waals surface area contributed by atoms with E-state index in [1.54, 1.807) is 0 Å². The molecule has 2 fully saturated rings. The summed E-state index contributed by atoms with van der Waals surface area (Å²) in [5.41, 5.74) is 2.05. The number of aromatic hydroxyl groups is 1. The van der Waals surface area contributed by atoms with Gasteiger partial charge in [-0.2, -0.15) is 0 Å². The monoisotopic (exact) mass is 217 g/mol. The van der Waals surface area contributed by atoms with E-state index in [1.807, 2.05) is 12.1 Å². The molecule has 0 atom stereocenters. The number of benzene rings is 1. The third-order valence-electron chi connectivity index (χ3n) is 4.39. The predicted octanol–water partition coefficient (Wildman–Crippen LogP) is 2.64. The second kappa shape index (κ2) is 3.77. The largest absolute Gasteiger partial charge is 0.508 e. The van der Waals surface area contributed by atoms with E-state index < -0.39 is 0 Å². The Morgan fingerprint density at radius 3 is 2.31 bits per heavy atom. The van der Waals surface area contributed by atoms with Crippen LogP contribution in [0.4, 0.5) is 0 Å². The van der Waals surface area contributed by atoms with Gasteiger partial charge in [0, 0.05) is 0 Å². The highest BCUT2D eigenvalue weighted by Gasteiger charge is 2.44. The average molecular weight is 217 g/mol. The van der Waals surface area contributed by atoms with Gasteiger partial charge in [-0.05, 0) is 67.8 Å². The Morgan fingerprint density at radius 2 is 1.69 bits per heavy atom. The molecule has 0 unspecified atom stereocenters. The standard InChI is InChI=1S/C14H19NO/c16-13-3-1-11(2-4-13)12-9-14(10-12)5-7-15-8-6-14/h1-4,12,15-16H,5-10H2. The molecule has 86 valence electrons. The Labute approximate surface area is 96.7 Å². The quantitative estimate of drug-likeness (QED) is 0.758. The predicted molar refractivity (Wildman–Crippen MR) is 64.6 cm³/mol. The van der Waals surface area contributed by atoms with Gasteiger partial charge in [0.15, 0.2) is 0 Å². The Bertz CT molecular complexity index is 357. The number of phenols is 1. The summed E-state index contributed by atoms with van der Waals surface area (Å²) in [7, 11) is 0. The number of piperidine rings is 1. The zero-order chi connectivity index (χ0) is 11.0. The van der Waals surface area contributed by atoms with Gasteiger partial charge in [-0.3, -0.25) is 0 Å². The van der Waals surface area contributed by atoms with Crippen molar-refractivity contribution in [2.75, 3.05) is 13.1 Å². The van der Waals surface area contributed by atoms with Crippen molar-refractivity contribution in [1.82, 2.24) is 5.32 Å². The van der Waals surface area contributed by atoms with E-state index in [0.29, 0.717) is 11.2 Å². The van der Waals surface area contributed by atoms with Crippen molar-refractivity contribution in [3.05, 3.63) is 29.8 Å². The van der Waals surface area contributed by atoms with Gasteiger partial charge in [0.05, 0.1) is 0 Å². The lowest BCUT2D eigenvalue weighted by Crippen LogP contribution is -2.44. The maximum absolute atomic E-state index is 9.26. The lowest BCUT2D eigenvalue weighted by atomic mass is 9.56. The fraction of sp³-hybridized carbons (Fsp3) is 0.571. The second-order valence-corrected chi connectivity index (χ2v) is 5.45. The smallest absolute Gasteiger partial charge is 0.115 e. The second-order valence-electron chi connectivity index (χ2n) is 5.45. The summed E-state index contributed by atoms with van der Waals surface area (Å²) in [5.74, 6) is 1.11. The Kier molecular flexibility index (Phi) is 2.40. The molecule has 0 radical (unpaired) electrons. The fourth-order valence-electron chi connectivity index (χ4n) is 3.33. The maximum Gasteiger partial charge on any atom is 0.115 e. The van der Waals surface area contributed by atoms with Gasteiger partial charge in [0.2, 0.25) is 0 Å². The number of nitrogens with one attached hydrogen (secondary N) is 1. The summed E-state index contributed by atoms with van der Waals surface area (Å²) in [5, 5.41) is 12.7. The zero-order valence-electron chi connectivity index (χ0n) is 9.58. The molecule has 16 heavy (non-hydrogen) atoms. The van der Waals surface area contributed by atoms with Crippen LogP contribution in [0.2, 0.25) is 0 Å². The van der Waals surface area contributed by atoms with Crippen LogP contribution in [0.25, 0.3) is 0 Å². The van der Waals surface area contributed by atoms with E-state index in [0.717, 1.165) is 5.92 Å². The van der Waals surface area contributed by atoms with Crippen molar-refractivity contribution in [2.45, 2.75) is 31.6 Å². The lowest BCUT2D eigenvalue weighted by molar-refractivity contribution is 0.0604. The minimum absolute atomic E-state index is 0.375. The zero-order valence-corrected chi connectivity index (χ0v) is 9.58. The van der Waals surface area contributed by atoms with E-state index in [-0.39, 0.29) is 0 Å². The van der Waals surface area contributed by atoms with E-state index in [2.05, 4.69) is 17.4 Å². The molecule has 1 saturated heterocycles. The summed E-state index contributed by atoms with van der Waals surface area (Å²) in [6.07, 6.45) is 5.39. The number of phenolic OH excluding ortho intramolecular Hbond substituents is 1. The van der Waals surface area contributed by atoms with Crippen molar-refractivity contribution >= 4 is 0 Å². The van der Waals surface area contributed by atoms with E-state index in [9.17, 15) is 5.11 Å². The molecule has 3 rings (SSSR count). The highest BCUT2D eigenvalue weighted by Crippen LogP contribution is 2.55. The molecule has 1 spiro atoms. The summed E-state index contributed by atoms with van der Waals surface area (Å²) in [4.78, 5) is 0. The van der Waals surface area contributed by atoms with Crippen LogP contribution in [-0.4, -0.2) is 18.2 Å². The third kappa shape index (κ3) is 1.71. The fourth-order valence-corrected chi connectivity index (χ4v) is 3.33. The van der Waals surface area contributed by atoms with Crippen molar-refractivity contribution in [1.29, 1.82) is 0 Å². The van der Waals surface area contributed by atoms with Gasteiger partial charge in [0.1, 0.15) is 5.75 Å². The van der Waals surface area contributed by atoms with Crippen LogP contribution < -0.4 is 5.32 Å². The molecule has 2 N–H and O–H groups in total. The number of hydrogen-bond acceptors (Lipinski definition) is 2. The van der Waals surface area contributed by atoms with Crippen molar-refractivity contribution in [3.8, 4) is 5.75 Å². The summed E-state index contributed by atoms with van der Waals surface area (Å²) in [6, 6.07) is 7.77. The average Bonchev–Trinajstić information content (AvgIpc) is 2.28. The minimum atomic E-state index is 0.375. The molecule has 2 aliphatic rings. The Hall–Kier alpha value is -1.02. The van der Waals surface area contributed by atoms with Crippen LogP contribution in [0.1, 0.15) is 37.2 Å². The first kappa shape index (κ1) is 10.2. The van der Waals surface area contributed by atoms with E-state index in [1.165, 1.54) is 44.3 Å². The highest BCUT2D eigenvalue weighted by atomic mass is 16.3. The first-order chi connectivity index (χ1) is 7.77. The normalized spacial score (nSPS) is 24.2. The topological polar surface area (TPSA) is 32.3 Å². The first-order valence-electron chi connectivity index (χ1n) is 6.27. The molecular weight excluding hydrogens is 198 g/mol. The lowest BCUT2D eigenvalue weighted by Gasteiger charge is -2.50. The molecule has 1 aromatic rings. The van der Waals surface area contributed by atoms with Crippen LogP contribution in [0.15, 0.2) is 24.3 Å². The van der Waals surface area contributed by atoms with Crippen LogP contribution in [-0.2, 0) is 0 Å². The summed E-state index contributed by atoms with van der Waals surface area (Å²) < 4.78 is 0. The van der Waals surface area contributed by atoms with Crippen LogP contribution in [0.5, 0.6) is 5.75 Å². The minimum Gasteiger partial charge on any atom is -0.508 e. The van der Waals surface area contributed by atoms with E-state index in [4.69, 9.17) is 0 Å². The molecule has 1 heterocycles. The maximum atomic E-state index is 9.26. The van der Waals surface area contributed by atoms with Gasteiger partial charge in [0.25, 0.3) is 0 Å². The molecule has 1 aliphatic carbocycles. The molecule has 2 heteroatoms. The van der Waals surface area contributed by atoms with Gasteiger partial charge < -0.3 is 10.4 Å². The SMILES string of the molecule is Oc1ccc(C2CC3(CCNCC3)C2)cc1. The van der Waals surface area contributed by atoms with E-state index >= 15 is 0 Å². The van der Waals surface area contributed by atoms with Gasteiger partial charge in [-0.25, -0.2) is 0 Å². The van der Waals surface area contributed by atoms with Crippen LogP contribution in [0.3, 0.4) is 0 Å². The number of rotatable bonds is 1. The Morgan fingerprint density at radius 1 is 1.06 bits per heavy atom. The Balaban J connectivity index is 1.66. The van der Waals surface area contributed by atoms with Crippen molar-refractivity contribution < 1.29 is 5.11 Å². The molecule has 0 bridgehead atoms. The molecular formula is C14H19NO. The first-order valence-corrected chi connectivity index (χ1v) is 6.27. The molecule has 1 aliphatic heterocycles.